The minimum Gasteiger partial charge on any atom is -0.367 e. The van der Waals surface area contributed by atoms with Gasteiger partial charge in [-0.1, -0.05) is 80.5 Å². The molecule has 1 aliphatic rings. The van der Waals surface area contributed by atoms with Crippen molar-refractivity contribution in [3.8, 4) is 6.07 Å². The van der Waals surface area contributed by atoms with Gasteiger partial charge in [0.25, 0.3) is 11.5 Å². The van der Waals surface area contributed by atoms with E-state index in [0.717, 1.165) is 31.2 Å². The van der Waals surface area contributed by atoms with E-state index < -0.39 is 0 Å². The Bertz CT molecular complexity index is 1180. The summed E-state index contributed by atoms with van der Waals surface area (Å²) in [4.78, 5) is 28.0. The van der Waals surface area contributed by atoms with Crippen molar-refractivity contribution in [2.75, 3.05) is 11.9 Å². The van der Waals surface area contributed by atoms with Crippen molar-refractivity contribution >= 4 is 46.1 Å². The molecule has 1 aliphatic heterocycles. The fraction of sp³-hybridized carbons (Fsp3) is 0.360. The van der Waals surface area contributed by atoms with Gasteiger partial charge in [-0.2, -0.15) is 5.26 Å². The molecule has 0 unspecified atom stereocenters. The molecule has 6 nitrogen and oxygen atoms in total. The summed E-state index contributed by atoms with van der Waals surface area (Å²) in [6.07, 6.45) is 5.99. The van der Waals surface area contributed by atoms with Gasteiger partial charge in [-0.05, 0) is 30.5 Å². The van der Waals surface area contributed by atoms with Gasteiger partial charge in [0, 0.05) is 25.7 Å². The fourth-order valence-electron chi connectivity index (χ4n) is 3.75. The molecule has 0 atom stereocenters. The number of unbranched alkanes of at least 4 members (excludes halogenated alkanes) is 3. The minimum absolute atomic E-state index is 0.0732. The molecule has 1 saturated heterocycles. The molecule has 1 aromatic heterocycles. The van der Waals surface area contributed by atoms with Gasteiger partial charge >= 0.3 is 0 Å². The fourth-order valence-corrected chi connectivity index (χ4v) is 5.04. The summed E-state index contributed by atoms with van der Waals surface area (Å²) in [5.74, 6) is 0.441. The quantitative estimate of drug-likeness (QED) is 0.311. The van der Waals surface area contributed by atoms with E-state index in [9.17, 15) is 14.9 Å². The first kappa shape index (κ1) is 24.7. The lowest BCUT2D eigenvalue weighted by Crippen LogP contribution is -2.29. The molecule has 33 heavy (non-hydrogen) atoms. The summed E-state index contributed by atoms with van der Waals surface area (Å²) in [6, 6.07) is 11.9. The molecule has 0 radical (unpaired) electrons. The minimum atomic E-state index is -0.369. The number of thioether (sulfide) groups is 1. The monoisotopic (exact) mass is 480 g/mol. The van der Waals surface area contributed by atoms with Gasteiger partial charge in [0.2, 0.25) is 0 Å². The van der Waals surface area contributed by atoms with E-state index in [0.29, 0.717) is 39.3 Å². The van der Waals surface area contributed by atoms with E-state index in [1.807, 2.05) is 36.4 Å². The number of aromatic nitrogens is 1. The summed E-state index contributed by atoms with van der Waals surface area (Å²) >= 11 is 6.74. The topological polar surface area (TPSA) is 78.1 Å². The van der Waals surface area contributed by atoms with Crippen LogP contribution in [-0.2, 0) is 18.4 Å². The highest BCUT2D eigenvalue weighted by Gasteiger charge is 2.32. The number of thiocarbonyl (C=S) groups is 1. The first-order valence-electron chi connectivity index (χ1n) is 11.1. The number of rotatable bonds is 9. The summed E-state index contributed by atoms with van der Waals surface area (Å²) in [5.41, 5.74) is 1.95. The van der Waals surface area contributed by atoms with Gasteiger partial charge in [0.15, 0.2) is 0 Å². The van der Waals surface area contributed by atoms with Crippen molar-refractivity contribution in [2.24, 2.45) is 7.05 Å². The molecule has 2 heterocycles. The second-order valence-corrected chi connectivity index (χ2v) is 9.65. The van der Waals surface area contributed by atoms with Crippen LogP contribution in [-0.4, -0.2) is 26.2 Å². The molecule has 0 spiro atoms. The average molecular weight is 481 g/mol. The van der Waals surface area contributed by atoms with E-state index in [1.165, 1.54) is 16.3 Å². The molecule has 0 saturated carbocycles. The smallest absolute Gasteiger partial charge is 0.270 e. The van der Waals surface area contributed by atoms with E-state index >= 15 is 0 Å². The van der Waals surface area contributed by atoms with Crippen molar-refractivity contribution in [1.29, 1.82) is 5.26 Å². The second kappa shape index (κ2) is 11.3. The summed E-state index contributed by atoms with van der Waals surface area (Å²) < 4.78 is 1.98. The van der Waals surface area contributed by atoms with E-state index in [-0.39, 0.29) is 17.0 Å². The zero-order valence-corrected chi connectivity index (χ0v) is 20.8. The van der Waals surface area contributed by atoms with Crippen molar-refractivity contribution in [3.05, 3.63) is 67.8 Å². The average Bonchev–Trinajstić information content (AvgIpc) is 3.08. The zero-order valence-electron chi connectivity index (χ0n) is 19.2. The Kier molecular flexibility index (Phi) is 8.48. The third kappa shape index (κ3) is 5.55. The van der Waals surface area contributed by atoms with Gasteiger partial charge < -0.3 is 5.32 Å². The Balaban J connectivity index is 1.97. The lowest BCUT2D eigenvalue weighted by atomic mass is 10.0. The molecule has 2 aromatic rings. The number of nitrogens with one attached hydrogen (secondary N) is 1. The number of nitriles is 1. The lowest BCUT2D eigenvalue weighted by Gasteiger charge is -2.18. The highest BCUT2D eigenvalue weighted by molar-refractivity contribution is 8.26. The molecule has 1 aromatic carbocycles. The van der Waals surface area contributed by atoms with Crippen LogP contribution in [0.5, 0.6) is 0 Å². The van der Waals surface area contributed by atoms with Crippen LogP contribution in [0.15, 0.2) is 40.0 Å². The van der Waals surface area contributed by atoms with Crippen LogP contribution in [0.3, 0.4) is 0 Å². The number of anilines is 1. The maximum atomic E-state index is 13.1. The second-order valence-electron chi connectivity index (χ2n) is 7.97. The molecule has 172 valence electrons. The largest absolute Gasteiger partial charge is 0.367 e. The number of pyridine rings is 1. The molecule has 1 fully saturated rings. The maximum Gasteiger partial charge on any atom is 0.270 e. The Labute approximate surface area is 204 Å². The van der Waals surface area contributed by atoms with Crippen LogP contribution in [0.2, 0.25) is 0 Å². The standard InChI is InChI=1S/C25H28N4O2S2/c1-4-5-6-10-13-29-24(31)21(33-25(29)32)14-19-17(2)20(15-26)23(30)28(3)22(19)27-16-18-11-8-7-9-12-18/h7-9,11-12,14,27H,4-6,10,13,16H2,1-3H3/b21-14+. The summed E-state index contributed by atoms with van der Waals surface area (Å²) in [7, 11) is 1.63. The Morgan fingerprint density at radius 3 is 2.58 bits per heavy atom. The van der Waals surface area contributed by atoms with E-state index in [2.05, 4.69) is 12.2 Å². The molecule has 1 N–H and O–H groups in total. The van der Waals surface area contributed by atoms with Crippen molar-refractivity contribution in [2.45, 2.75) is 46.1 Å². The van der Waals surface area contributed by atoms with E-state index in [1.54, 1.807) is 24.9 Å². The van der Waals surface area contributed by atoms with Gasteiger partial charge in [-0.25, -0.2) is 0 Å². The summed E-state index contributed by atoms with van der Waals surface area (Å²) in [6.45, 7) is 5.00. The third-order valence-electron chi connectivity index (χ3n) is 5.69. The summed E-state index contributed by atoms with van der Waals surface area (Å²) in [5, 5.41) is 12.9. The SMILES string of the molecule is CCCCCCN1C(=O)/C(=C\c2c(C)c(C#N)c(=O)n(C)c2NCc2ccccc2)SC1=S. The highest BCUT2D eigenvalue weighted by Crippen LogP contribution is 2.35. The number of carbonyl (C=O) groups excluding carboxylic acids is 1. The molecular formula is C25H28N4O2S2. The normalized spacial score (nSPS) is 14.7. The third-order valence-corrected chi connectivity index (χ3v) is 7.06. The van der Waals surface area contributed by atoms with Crippen molar-refractivity contribution in [1.82, 2.24) is 9.47 Å². The Hall–Kier alpha value is -2.89. The maximum absolute atomic E-state index is 13.1. The van der Waals surface area contributed by atoms with Crippen LogP contribution in [0.25, 0.3) is 6.08 Å². The van der Waals surface area contributed by atoms with Gasteiger partial charge in [-0.15, -0.1) is 0 Å². The van der Waals surface area contributed by atoms with Crippen LogP contribution in [0.1, 0.15) is 54.9 Å². The Morgan fingerprint density at radius 1 is 1.18 bits per heavy atom. The zero-order chi connectivity index (χ0) is 24.0. The highest BCUT2D eigenvalue weighted by atomic mass is 32.2. The number of hydrogen-bond acceptors (Lipinski definition) is 6. The number of nitrogens with zero attached hydrogens (tertiary/aromatic N) is 3. The van der Waals surface area contributed by atoms with Crippen molar-refractivity contribution < 1.29 is 4.79 Å². The predicted octanol–water partition coefficient (Wildman–Crippen LogP) is 4.96. The van der Waals surface area contributed by atoms with Gasteiger partial charge in [0.05, 0.1) is 4.91 Å². The van der Waals surface area contributed by atoms with Crippen LogP contribution < -0.4 is 10.9 Å². The lowest BCUT2D eigenvalue weighted by molar-refractivity contribution is -0.122. The predicted molar refractivity (Wildman–Crippen MR) is 139 cm³/mol. The molecular weight excluding hydrogens is 452 g/mol. The number of benzene rings is 1. The molecule has 0 aliphatic carbocycles. The van der Waals surface area contributed by atoms with Gasteiger partial charge in [0.1, 0.15) is 21.8 Å². The number of carbonyl (C=O) groups is 1. The van der Waals surface area contributed by atoms with Crippen LogP contribution in [0, 0.1) is 18.3 Å². The Morgan fingerprint density at radius 2 is 1.91 bits per heavy atom. The molecule has 3 rings (SSSR count). The van der Waals surface area contributed by atoms with Crippen molar-refractivity contribution in [3.63, 3.8) is 0 Å². The number of hydrogen-bond donors (Lipinski definition) is 1. The first-order valence-corrected chi connectivity index (χ1v) is 12.3. The van der Waals surface area contributed by atoms with E-state index in [4.69, 9.17) is 12.2 Å². The molecule has 1 amide bonds. The van der Waals surface area contributed by atoms with Gasteiger partial charge in [-0.3, -0.25) is 19.1 Å². The molecule has 8 heteroatoms. The first-order chi connectivity index (χ1) is 15.9. The molecule has 0 bridgehead atoms. The van der Waals surface area contributed by atoms with Crippen LogP contribution in [0.4, 0.5) is 5.82 Å². The van der Waals surface area contributed by atoms with Crippen LogP contribution >= 0.6 is 24.0 Å². The number of amides is 1.